The molecule has 0 aliphatic heterocycles. The lowest BCUT2D eigenvalue weighted by atomic mass is 10.1. The van der Waals surface area contributed by atoms with E-state index >= 15 is 0 Å². The van der Waals surface area contributed by atoms with E-state index in [1.165, 1.54) is 0 Å². The minimum absolute atomic E-state index is 0.479. The highest BCUT2D eigenvalue weighted by Gasteiger charge is 2.12. The molecule has 0 heterocycles. The van der Waals surface area contributed by atoms with Crippen LogP contribution in [0.25, 0.3) is 0 Å². The summed E-state index contributed by atoms with van der Waals surface area (Å²) in [6, 6.07) is 7.54. The molecule has 4 heteroatoms. The molecule has 0 aliphatic rings. The van der Waals surface area contributed by atoms with Crippen LogP contribution in [0, 0.1) is 0 Å². The summed E-state index contributed by atoms with van der Waals surface area (Å²) in [5.74, 6) is 0.711. The highest BCUT2D eigenvalue weighted by atomic mass is 16.5. The SMILES string of the molecule is CCCOCCC(O)c1ccccc1OCCOC. The predicted molar refractivity (Wildman–Crippen MR) is 74.5 cm³/mol. The quantitative estimate of drug-likeness (QED) is 0.663. The van der Waals surface area contributed by atoms with Gasteiger partial charge in [-0.05, 0) is 12.5 Å². The molecule has 0 radical (unpaired) electrons. The molecule has 0 saturated heterocycles. The van der Waals surface area contributed by atoms with E-state index in [4.69, 9.17) is 14.2 Å². The summed E-state index contributed by atoms with van der Waals surface area (Å²) in [7, 11) is 1.63. The first-order chi connectivity index (χ1) is 9.29. The molecule has 0 amide bonds. The first-order valence-corrected chi connectivity index (χ1v) is 6.76. The van der Waals surface area contributed by atoms with Crippen molar-refractivity contribution >= 4 is 0 Å². The summed E-state index contributed by atoms with van der Waals surface area (Å²) in [6.07, 6.45) is 1.01. The monoisotopic (exact) mass is 268 g/mol. The Morgan fingerprint density at radius 1 is 1.11 bits per heavy atom. The van der Waals surface area contributed by atoms with Crippen molar-refractivity contribution in [1.29, 1.82) is 0 Å². The number of para-hydroxylation sites is 1. The van der Waals surface area contributed by atoms with Gasteiger partial charge in [0.1, 0.15) is 12.4 Å². The number of aliphatic hydroxyl groups is 1. The zero-order valence-corrected chi connectivity index (χ0v) is 11.8. The lowest BCUT2D eigenvalue weighted by Crippen LogP contribution is -2.09. The van der Waals surface area contributed by atoms with Crippen LogP contribution in [-0.4, -0.2) is 38.6 Å². The van der Waals surface area contributed by atoms with Crippen LogP contribution in [-0.2, 0) is 9.47 Å². The fourth-order valence-electron chi connectivity index (χ4n) is 1.72. The molecule has 0 bridgehead atoms. The molecule has 0 aliphatic carbocycles. The van der Waals surface area contributed by atoms with Gasteiger partial charge in [-0.25, -0.2) is 0 Å². The van der Waals surface area contributed by atoms with E-state index in [9.17, 15) is 5.11 Å². The molecule has 1 unspecified atom stereocenters. The Morgan fingerprint density at radius 2 is 1.89 bits per heavy atom. The van der Waals surface area contributed by atoms with E-state index in [2.05, 4.69) is 6.92 Å². The van der Waals surface area contributed by atoms with Crippen LogP contribution in [0.2, 0.25) is 0 Å². The Bertz CT molecular complexity index is 341. The Hall–Kier alpha value is -1.10. The van der Waals surface area contributed by atoms with Crippen molar-refractivity contribution < 1.29 is 19.3 Å². The largest absolute Gasteiger partial charge is 0.491 e. The van der Waals surface area contributed by atoms with Crippen LogP contribution < -0.4 is 4.74 Å². The van der Waals surface area contributed by atoms with Crippen molar-refractivity contribution in [1.82, 2.24) is 0 Å². The number of methoxy groups -OCH3 is 1. The second-order valence-electron chi connectivity index (χ2n) is 4.30. The standard InChI is InChI=1S/C15H24O4/c1-3-9-18-10-8-14(16)13-6-4-5-7-15(13)19-12-11-17-2/h4-7,14,16H,3,8-12H2,1-2H3. The normalized spacial score (nSPS) is 12.4. The molecule has 1 N–H and O–H groups in total. The summed E-state index contributed by atoms with van der Waals surface area (Å²) in [6.45, 7) is 4.37. The molecule has 0 spiro atoms. The topological polar surface area (TPSA) is 47.9 Å². The lowest BCUT2D eigenvalue weighted by Gasteiger charge is -2.16. The van der Waals surface area contributed by atoms with E-state index in [1.807, 2.05) is 24.3 Å². The van der Waals surface area contributed by atoms with Gasteiger partial charge in [-0.2, -0.15) is 0 Å². The summed E-state index contributed by atoms with van der Waals surface area (Å²) < 4.78 is 15.9. The van der Waals surface area contributed by atoms with Crippen molar-refractivity contribution in [3.05, 3.63) is 29.8 Å². The van der Waals surface area contributed by atoms with Crippen LogP contribution >= 0.6 is 0 Å². The third-order valence-corrected chi connectivity index (χ3v) is 2.71. The third kappa shape index (κ3) is 6.05. The molecular weight excluding hydrogens is 244 g/mol. The van der Waals surface area contributed by atoms with Gasteiger partial charge in [-0.15, -0.1) is 0 Å². The van der Waals surface area contributed by atoms with Gasteiger partial charge < -0.3 is 19.3 Å². The molecule has 1 atom stereocenters. The second-order valence-corrected chi connectivity index (χ2v) is 4.30. The first kappa shape index (κ1) is 16.0. The van der Waals surface area contributed by atoms with E-state index in [0.29, 0.717) is 32.0 Å². The van der Waals surface area contributed by atoms with Crippen LogP contribution in [0.4, 0.5) is 0 Å². The Kier molecular flexibility index (Phi) is 8.21. The van der Waals surface area contributed by atoms with Gasteiger partial charge >= 0.3 is 0 Å². The van der Waals surface area contributed by atoms with E-state index in [0.717, 1.165) is 18.6 Å². The van der Waals surface area contributed by atoms with Gasteiger partial charge in [0.05, 0.1) is 12.7 Å². The van der Waals surface area contributed by atoms with E-state index in [-0.39, 0.29) is 0 Å². The third-order valence-electron chi connectivity index (χ3n) is 2.71. The molecular formula is C15H24O4. The Morgan fingerprint density at radius 3 is 2.63 bits per heavy atom. The number of hydrogen-bond acceptors (Lipinski definition) is 4. The molecule has 1 aromatic carbocycles. The van der Waals surface area contributed by atoms with Gasteiger partial charge in [0.15, 0.2) is 0 Å². The highest BCUT2D eigenvalue weighted by molar-refractivity contribution is 5.35. The molecule has 0 aromatic heterocycles. The van der Waals surface area contributed by atoms with Crippen LogP contribution in [0.3, 0.4) is 0 Å². The lowest BCUT2D eigenvalue weighted by molar-refractivity contribution is 0.0797. The molecule has 1 aromatic rings. The van der Waals surface area contributed by atoms with Crippen LogP contribution in [0.15, 0.2) is 24.3 Å². The predicted octanol–water partition coefficient (Wildman–Crippen LogP) is 2.56. The van der Waals surface area contributed by atoms with Gasteiger partial charge in [0.25, 0.3) is 0 Å². The Balaban J connectivity index is 2.50. The number of benzene rings is 1. The molecule has 1 rings (SSSR count). The summed E-state index contributed by atoms with van der Waals surface area (Å²) in [5.41, 5.74) is 0.804. The van der Waals surface area contributed by atoms with Gasteiger partial charge in [0.2, 0.25) is 0 Å². The number of hydrogen-bond donors (Lipinski definition) is 1. The number of ether oxygens (including phenoxy) is 3. The zero-order valence-electron chi connectivity index (χ0n) is 11.8. The average molecular weight is 268 g/mol. The highest BCUT2D eigenvalue weighted by Crippen LogP contribution is 2.27. The molecule has 4 nitrogen and oxygen atoms in total. The maximum atomic E-state index is 10.2. The molecule has 19 heavy (non-hydrogen) atoms. The van der Waals surface area contributed by atoms with Gasteiger partial charge in [-0.1, -0.05) is 25.1 Å². The maximum Gasteiger partial charge on any atom is 0.125 e. The number of rotatable bonds is 10. The average Bonchev–Trinajstić information content (AvgIpc) is 2.44. The smallest absolute Gasteiger partial charge is 0.125 e. The maximum absolute atomic E-state index is 10.2. The first-order valence-electron chi connectivity index (χ1n) is 6.76. The van der Waals surface area contributed by atoms with Crippen molar-refractivity contribution in [3.8, 4) is 5.75 Å². The van der Waals surface area contributed by atoms with Gasteiger partial charge in [-0.3, -0.25) is 0 Å². The summed E-state index contributed by atoms with van der Waals surface area (Å²) >= 11 is 0. The van der Waals surface area contributed by atoms with Crippen molar-refractivity contribution in [2.24, 2.45) is 0 Å². The molecule has 0 saturated carbocycles. The fourth-order valence-corrected chi connectivity index (χ4v) is 1.72. The van der Waals surface area contributed by atoms with Crippen molar-refractivity contribution in [2.75, 3.05) is 33.5 Å². The van der Waals surface area contributed by atoms with E-state index < -0.39 is 6.10 Å². The molecule has 108 valence electrons. The fraction of sp³-hybridized carbons (Fsp3) is 0.600. The van der Waals surface area contributed by atoms with Crippen LogP contribution in [0.5, 0.6) is 5.75 Å². The Labute approximate surface area is 115 Å². The number of aliphatic hydroxyl groups excluding tert-OH is 1. The van der Waals surface area contributed by atoms with Crippen LogP contribution in [0.1, 0.15) is 31.4 Å². The second kappa shape index (κ2) is 9.78. The van der Waals surface area contributed by atoms with Crippen molar-refractivity contribution in [2.45, 2.75) is 25.9 Å². The van der Waals surface area contributed by atoms with Gasteiger partial charge in [0, 0.05) is 32.3 Å². The summed E-state index contributed by atoms with van der Waals surface area (Å²) in [5, 5.41) is 10.2. The summed E-state index contributed by atoms with van der Waals surface area (Å²) in [4.78, 5) is 0. The minimum Gasteiger partial charge on any atom is -0.491 e. The molecule has 0 fully saturated rings. The minimum atomic E-state index is -0.560. The van der Waals surface area contributed by atoms with E-state index in [1.54, 1.807) is 7.11 Å². The zero-order chi connectivity index (χ0) is 13.9. The van der Waals surface area contributed by atoms with Crippen molar-refractivity contribution in [3.63, 3.8) is 0 Å².